The molecule has 1 unspecified atom stereocenters. The van der Waals surface area contributed by atoms with Gasteiger partial charge < -0.3 is 14.2 Å². The van der Waals surface area contributed by atoms with E-state index in [9.17, 15) is 14.4 Å². The standard InChI is InChI=1S/C74H144O6/c1-4-7-10-13-16-19-22-25-28-29-30-31-32-33-34-35-36-37-38-39-40-41-42-43-44-45-47-49-52-55-58-61-64-67-73(76)79-70-71(69-78-72(75)66-63-60-57-54-51-48-27-24-21-18-15-12-9-6-3)80-74(77)68-65-62-59-56-53-50-46-26-23-20-17-14-11-8-5-2/h71H,4-70H2,1-3H3. The van der Waals surface area contributed by atoms with E-state index in [0.29, 0.717) is 19.3 Å². The minimum atomic E-state index is -0.763. The number of carbonyl (C=O) groups is 3. The van der Waals surface area contributed by atoms with E-state index in [0.717, 1.165) is 57.8 Å². The second kappa shape index (κ2) is 69.9. The van der Waals surface area contributed by atoms with Gasteiger partial charge in [0, 0.05) is 19.3 Å². The molecule has 0 rings (SSSR count). The molecule has 476 valence electrons. The number of esters is 3. The first-order valence-electron chi connectivity index (χ1n) is 37.0. The van der Waals surface area contributed by atoms with Gasteiger partial charge in [0.2, 0.25) is 0 Å². The van der Waals surface area contributed by atoms with E-state index in [1.165, 1.54) is 340 Å². The molecule has 0 N–H and O–H groups in total. The fourth-order valence-corrected chi connectivity index (χ4v) is 11.8. The Balaban J connectivity index is 4.05. The summed E-state index contributed by atoms with van der Waals surface area (Å²) in [5.41, 5.74) is 0. The van der Waals surface area contributed by atoms with Crippen molar-refractivity contribution in [1.82, 2.24) is 0 Å². The zero-order valence-electron chi connectivity index (χ0n) is 54.9. The van der Waals surface area contributed by atoms with Gasteiger partial charge in [0.1, 0.15) is 13.2 Å². The molecule has 0 amide bonds. The van der Waals surface area contributed by atoms with Crippen molar-refractivity contribution < 1.29 is 28.6 Å². The number of rotatable bonds is 70. The van der Waals surface area contributed by atoms with Gasteiger partial charge in [-0.2, -0.15) is 0 Å². The highest BCUT2D eigenvalue weighted by Gasteiger charge is 2.20. The second-order valence-electron chi connectivity index (χ2n) is 25.6. The molecule has 6 nitrogen and oxygen atoms in total. The smallest absolute Gasteiger partial charge is 0.306 e. The predicted molar refractivity (Wildman–Crippen MR) is 349 cm³/mol. The normalized spacial score (nSPS) is 11.9. The minimum absolute atomic E-state index is 0.0603. The zero-order chi connectivity index (χ0) is 57.8. The lowest BCUT2D eigenvalue weighted by Crippen LogP contribution is -2.30. The van der Waals surface area contributed by atoms with E-state index in [-0.39, 0.29) is 31.1 Å². The van der Waals surface area contributed by atoms with Crippen molar-refractivity contribution >= 4 is 17.9 Å². The maximum Gasteiger partial charge on any atom is 0.306 e. The number of unbranched alkanes of at least 4 members (excludes halogenated alkanes) is 59. The van der Waals surface area contributed by atoms with E-state index in [2.05, 4.69) is 20.8 Å². The molecule has 0 saturated carbocycles. The Kier molecular flexibility index (Phi) is 68.5. The largest absolute Gasteiger partial charge is 0.462 e. The first-order valence-corrected chi connectivity index (χ1v) is 37.0. The highest BCUT2D eigenvalue weighted by atomic mass is 16.6. The molecular weight excluding hydrogens is 985 g/mol. The highest BCUT2D eigenvalue weighted by Crippen LogP contribution is 2.20. The average Bonchev–Trinajstić information content (AvgIpc) is 3.46. The van der Waals surface area contributed by atoms with Gasteiger partial charge in [0.05, 0.1) is 0 Å². The Morgan fingerprint density at radius 3 is 0.500 bits per heavy atom. The molecule has 0 aromatic heterocycles. The Morgan fingerprint density at radius 1 is 0.200 bits per heavy atom. The summed E-state index contributed by atoms with van der Waals surface area (Å²) in [6, 6.07) is 0. The van der Waals surface area contributed by atoms with Crippen molar-refractivity contribution in [3.63, 3.8) is 0 Å². The quantitative estimate of drug-likeness (QED) is 0.0343. The molecule has 0 aliphatic rings. The summed E-state index contributed by atoms with van der Waals surface area (Å²) in [7, 11) is 0. The number of carbonyl (C=O) groups excluding carboxylic acids is 3. The average molecular weight is 1130 g/mol. The lowest BCUT2D eigenvalue weighted by Gasteiger charge is -2.18. The van der Waals surface area contributed by atoms with Crippen LogP contribution in [0.25, 0.3) is 0 Å². The molecule has 0 heterocycles. The van der Waals surface area contributed by atoms with E-state index in [1.54, 1.807) is 0 Å². The van der Waals surface area contributed by atoms with Crippen LogP contribution in [0.15, 0.2) is 0 Å². The van der Waals surface area contributed by atoms with Gasteiger partial charge in [0.15, 0.2) is 6.10 Å². The summed E-state index contributed by atoms with van der Waals surface area (Å²) in [5.74, 6) is -0.821. The Hall–Kier alpha value is -1.59. The molecule has 0 aromatic carbocycles. The molecule has 0 aliphatic carbocycles. The summed E-state index contributed by atoms with van der Waals surface area (Å²) in [5, 5.41) is 0. The highest BCUT2D eigenvalue weighted by molar-refractivity contribution is 5.71. The lowest BCUT2D eigenvalue weighted by atomic mass is 10.0. The molecule has 6 heteroatoms. The number of hydrogen-bond donors (Lipinski definition) is 0. The number of hydrogen-bond acceptors (Lipinski definition) is 6. The fourth-order valence-electron chi connectivity index (χ4n) is 11.8. The van der Waals surface area contributed by atoms with E-state index in [1.807, 2.05) is 0 Å². The zero-order valence-corrected chi connectivity index (χ0v) is 54.9. The monoisotopic (exact) mass is 1130 g/mol. The first-order chi connectivity index (χ1) is 39.5. The molecule has 1 atom stereocenters. The minimum Gasteiger partial charge on any atom is -0.462 e. The number of ether oxygens (including phenoxy) is 3. The fraction of sp³-hybridized carbons (Fsp3) is 0.959. The van der Waals surface area contributed by atoms with Crippen molar-refractivity contribution in [3.05, 3.63) is 0 Å². The van der Waals surface area contributed by atoms with Crippen molar-refractivity contribution in [2.24, 2.45) is 0 Å². The van der Waals surface area contributed by atoms with E-state index >= 15 is 0 Å². The van der Waals surface area contributed by atoms with Gasteiger partial charge in [-0.1, -0.05) is 400 Å². The van der Waals surface area contributed by atoms with Crippen molar-refractivity contribution in [2.45, 2.75) is 444 Å². The van der Waals surface area contributed by atoms with Crippen LogP contribution in [-0.4, -0.2) is 37.2 Å². The van der Waals surface area contributed by atoms with Gasteiger partial charge in [-0.05, 0) is 19.3 Å². The summed E-state index contributed by atoms with van der Waals surface area (Å²) in [6.07, 6.45) is 83.0. The van der Waals surface area contributed by atoms with Gasteiger partial charge >= 0.3 is 17.9 Å². The first kappa shape index (κ1) is 78.4. The molecule has 80 heavy (non-hydrogen) atoms. The van der Waals surface area contributed by atoms with Crippen molar-refractivity contribution in [1.29, 1.82) is 0 Å². The van der Waals surface area contributed by atoms with Crippen LogP contribution in [0, 0.1) is 0 Å². The molecule has 0 aromatic rings. The molecule has 0 spiro atoms. The summed E-state index contributed by atoms with van der Waals surface area (Å²) < 4.78 is 17.0. The van der Waals surface area contributed by atoms with Crippen LogP contribution in [0.4, 0.5) is 0 Å². The lowest BCUT2D eigenvalue weighted by molar-refractivity contribution is -0.167. The Bertz CT molecular complexity index is 1200. The van der Waals surface area contributed by atoms with E-state index in [4.69, 9.17) is 14.2 Å². The molecule has 0 radical (unpaired) electrons. The van der Waals surface area contributed by atoms with Gasteiger partial charge in [-0.3, -0.25) is 14.4 Å². The van der Waals surface area contributed by atoms with Crippen molar-refractivity contribution in [3.8, 4) is 0 Å². The molecule has 0 fully saturated rings. The third-order valence-electron chi connectivity index (χ3n) is 17.4. The molecular formula is C74H144O6. The maximum absolute atomic E-state index is 12.9. The van der Waals surface area contributed by atoms with Crippen LogP contribution in [0.1, 0.15) is 438 Å². The topological polar surface area (TPSA) is 78.9 Å². The SMILES string of the molecule is CCCCCCCCCCCCCCCCCCCCCCCCCCCCCCCCCCCC(=O)OCC(COC(=O)CCCCCCCCCCCCCCCC)OC(=O)CCCCCCCCCCCCCCCCC. The molecule has 0 bridgehead atoms. The van der Waals surface area contributed by atoms with Crippen LogP contribution in [0.3, 0.4) is 0 Å². The van der Waals surface area contributed by atoms with Crippen LogP contribution in [0.2, 0.25) is 0 Å². The summed E-state index contributed by atoms with van der Waals surface area (Å²) >= 11 is 0. The van der Waals surface area contributed by atoms with Gasteiger partial charge in [0.25, 0.3) is 0 Å². The van der Waals surface area contributed by atoms with Gasteiger partial charge in [-0.25, -0.2) is 0 Å². The van der Waals surface area contributed by atoms with Crippen LogP contribution in [0.5, 0.6) is 0 Å². The third-order valence-corrected chi connectivity index (χ3v) is 17.4. The van der Waals surface area contributed by atoms with Crippen LogP contribution in [-0.2, 0) is 28.6 Å². The summed E-state index contributed by atoms with van der Waals surface area (Å²) in [6.45, 7) is 6.74. The third kappa shape index (κ3) is 67.2. The van der Waals surface area contributed by atoms with Gasteiger partial charge in [-0.15, -0.1) is 0 Å². The van der Waals surface area contributed by atoms with Crippen LogP contribution >= 0.6 is 0 Å². The second-order valence-corrected chi connectivity index (χ2v) is 25.6. The van der Waals surface area contributed by atoms with Crippen LogP contribution < -0.4 is 0 Å². The Morgan fingerprint density at radius 2 is 0.338 bits per heavy atom. The summed E-state index contributed by atoms with van der Waals surface area (Å²) in [4.78, 5) is 38.4. The molecule has 0 saturated heterocycles. The maximum atomic E-state index is 12.9. The van der Waals surface area contributed by atoms with E-state index < -0.39 is 6.10 Å². The van der Waals surface area contributed by atoms with Crippen molar-refractivity contribution in [2.75, 3.05) is 13.2 Å². The Labute approximate surface area is 501 Å². The predicted octanol–water partition coefficient (Wildman–Crippen LogP) is 25.4. The molecule has 0 aliphatic heterocycles.